The molecule has 0 bridgehead atoms. The molecule has 2 N–H and O–H groups in total. The summed E-state index contributed by atoms with van der Waals surface area (Å²) in [5.74, 6) is 0.0330. The average molecular weight is 294 g/mol. The SMILES string of the molecule is COCC1NCC(C)NC1=O.O=COCc1ccccc1. The Morgan fingerprint density at radius 1 is 1.33 bits per heavy atom. The van der Waals surface area contributed by atoms with E-state index < -0.39 is 0 Å². The molecular weight excluding hydrogens is 272 g/mol. The van der Waals surface area contributed by atoms with Crippen molar-refractivity contribution in [3.63, 3.8) is 0 Å². The summed E-state index contributed by atoms with van der Waals surface area (Å²) in [4.78, 5) is 20.9. The van der Waals surface area contributed by atoms with Gasteiger partial charge in [-0.25, -0.2) is 0 Å². The fraction of sp³-hybridized carbons (Fsp3) is 0.467. The van der Waals surface area contributed by atoms with Crippen molar-refractivity contribution in [3.05, 3.63) is 35.9 Å². The number of amides is 1. The quantitative estimate of drug-likeness (QED) is 0.772. The molecule has 116 valence electrons. The van der Waals surface area contributed by atoms with Crippen LogP contribution in [0.2, 0.25) is 0 Å². The number of rotatable bonds is 5. The lowest BCUT2D eigenvalue weighted by Gasteiger charge is -2.27. The first-order chi connectivity index (χ1) is 10.2. The molecule has 6 heteroatoms. The second kappa shape index (κ2) is 9.90. The molecule has 0 radical (unpaired) electrons. The minimum atomic E-state index is -0.170. The highest BCUT2D eigenvalue weighted by Gasteiger charge is 2.24. The molecule has 2 atom stereocenters. The second-order valence-corrected chi connectivity index (χ2v) is 4.72. The summed E-state index contributed by atoms with van der Waals surface area (Å²) >= 11 is 0. The first kappa shape index (κ1) is 17.1. The Balaban J connectivity index is 0.000000211. The van der Waals surface area contributed by atoms with Crippen LogP contribution in [0.25, 0.3) is 0 Å². The van der Waals surface area contributed by atoms with E-state index in [-0.39, 0.29) is 18.0 Å². The number of carbonyl (C=O) groups excluding carboxylic acids is 2. The van der Waals surface area contributed by atoms with Crippen LogP contribution in [0.4, 0.5) is 0 Å². The van der Waals surface area contributed by atoms with Crippen molar-refractivity contribution < 1.29 is 19.1 Å². The highest BCUT2D eigenvalue weighted by molar-refractivity contribution is 5.82. The zero-order valence-corrected chi connectivity index (χ0v) is 12.4. The van der Waals surface area contributed by atoms with Crippen LogP contribution in [0.1, 0.15) is 12.5 Å². The third kappa shape index (κ3) is 6.87. The smallest absolute Gasteiger partial charge is 0.293 e. The maximum atomic E-state index is 11.1. The molecule has 21 heavy (non-hydrogen) atoms. The first-order valence-corrected chi connectivity index (χ1v) is 6.79. The topological polar surface area (TPSA) is 76.7 Å². The molecule has 1 amide bonds. The normalized spacial score (nSPS) is 20.8. The summed E-state index contributed by atoms with van der Waals surface area (Å²) in [5.41, 5.74) is 1.01. The molecule has 1 saturated heterocycles. The lowest BCUT2D eigenvalue weighted by molar-refractivity contribution is -0.130. The largest absolute Gasteiger partial charge is 0.463 e. The molecule has 2 unspecified atom stereocenters. The van der Waals surface area contributed by atoms with E-state index in [1.54, 1.807) is 7.11 Å². The zero-order chi connectivity index (χ0) is 15.5. The van der Waals surface area contributed by atoms with Gasteiger partial charge in [-0.3, -0.25) is 9.59 Å². The van der Waals surface area contributed by atoms with E-state index in [2.05, 4.69) is 15.4 Å². The van der Waals surface area contributed by atoms with Crippen molar-refractivity contribution in [2.75, 3.05) is 20.3 Å². The van der Waals surface area contributed by atoms with Crippen LogP contribution in [0, 0.1) is 0 Å². The summed E-state index contributed by atoms with van der Waals surface area (Å²) in [6.07, 6.45) is 0. The Bertz CT molecular complexity index is 425. The van der Waals surface area contributed by atoms with E-state index in [0.29, 0.717) is 19.7 Å². The molecule has 1 aromatic carbocycles. The molecule has 0 aliphatic carbocycles. The molecular formula is C15H22N2O4. The fourth-order valence-electron chi connectivity index (χ4n) is 1.81. The van der Waals surface area contributed by atoms with Gasteiger partial charge in [-0.2, -0.15) is 0 Å². The molecule has 0 spiro atoms. The van der Waals surface area contributed by atoms with E-state index >= 15 is 0 Å². The number of carbonyl (C=O) groups is 2. The number of methoxy groups -OCH3 is 1. The lowest BCUT2D eigenvalue weighted by atomic mass is 10.2. The van der Waals surface area contributed by atoms with E-state index in [0.717, 1.165) is 12.1 Å². The number of benzene rings is 1. The maximum absolute atomic E-state index is 11.1. The molecule has 1 fully saturated rings. The Kier molecular flexibility index (Phi) is 8.08. The number of ether oxygens (including phenoxy) is 2. The standard InChI is InChI=1S/C8H8O2.C7H14N2O2/c9-7-10-6-8-4-2-1-3-5-8;1-5-3-8-6(4-11-2)7(10)9-5/h1-5,7H,6H2;5-6,8H,3-4H2,1-2H3,(H,9,10). The number of hydrogen-bond acceptors (Lipinski definition) is 5. The van der Waals surface area contributed by atoms with Crippen molar-refractivity contribution in [1.82, 2.24) is 10.6 Å². The monoisotopic (exact) mass is 294 g/mol. The number of nitrogens with one attached hydrogen (secondary N) is 2. The fourth-order valence-corrected chi connectivity index (χ4v) is 1.81. The van der Waals surface area contributed by atoms with E-state index in [1.165, 1.54) is 0 Å². The summed E-state index contributed by atoms with van der Waals surface area (Å²) in [7, 11) is 1.59. The lowest BCUT2D eigenvalue weighted by Crippen LogP contribution is -2.58. The molecule has 1 aliphatic heterocycles. The minimum Gasteiger partial charge on any atom is -0.463 e. The first-order valence-electron chi connectivity index (χ1n) is 6.79. The predicted molar refractivity (Wildman–Crippen MR) is 78.6 cm³/mol. The van der Waals surface area contributed by atoms with Gasteiger partial charge in [-0.15, -0.1) is 0 Å². The molecule has 0 saturated carbocycles. The van der Waals surface area contributed by atoms with Crippen LogP contribution in [0.5, 0.6) is 0 Å². The molecule has 1 heterocycles. The minimum absolute atomic E-state index is 0.0330. The highest BCUT2D eigenvalue weighted by Crippen LogP contribution is 1.98. The van der Waals surface area contributed by atoms with Crippen LogP contribution in [0.3, 0.4) is 0 Å². The van der Waals surface area contributed by atoms with Crippen LogP contribution >= 0.6 is 0 Å². The van der Waals surface area contributed by atoms with E-state index in [1.807, 2.05) is 37.3 Å². The van der Waals surface area contributed by atoms with Gasteiger partial charge in [0.05, 0.1) is 6.61 Å². The van der Waals surface area contributed by atoms with Crippen molar-refractivity contribution >= 4 is 12.4 Å². The van der Waals surface area contributed by atoms with Crippen LogP contribution in [-0.4, -0.2) is 44.7 Å². The Hall–Kier alpha value is -1.92. The van der Waals surface area contributed by atoms with Crippen LogP contribution in [0.15, 0.2) is 30.3 Å². The van der Waals surface area contributed by atoms with Crippen molar-refractivity contribution in [2.24, 2.45) is 0 Å². The van der Waals surface area contributed by atoms with Gasteiger partial charge in [0.2, 0.25) is 5.91 Å². The molecule has 0 aromatic heterocycles. The molecule has 1 aromatic rings. The maximum Gasteiger partial charge on any atom is 0.293 e. The average Bonchev–Trinajstić information content (AvgIpc) is 2.50. The Morgan fingerprint density at radius 3 is 2.62 bits per heavy atom. The van der Waals surface area contributed by atoms with Crippen molar-refractivity contribution in [1.29, 1.82) is 0 Å². The third-order valence-electron chi connectivity index (χ3n) is 2.87. The Labute approximate surface area is 124 Å². The summed E-state index contributed by atoms with van der Waals surface area (Å²) < 4.78 is 9.40. The summed E-state index contributed by atoms with van der Waals surface area (Å²) in [6.45, 7) is 4.05. The molecule has 2 rings (SSSR count). The van der Waals surface area contributed by atoms with Gasteiger partial charge in [-0.05, 0) is 12.5 Å². The van der Waals surface area contributed by atoms with Gasteiger partial charge in [0.25, 0.3) is 6.47 Å². The van der Waals surface area contributed by atoms with Crippen LogP contribution in [-0.2, 0) is 25.7 Å². The van der Waals surface area contributed by atoms with Crippen LogP contribution < -0.4 is 10.6 Å². The summed E-state index contributed by atoms with van der Waals surface area (Å²) in [6, 6.07) is 9.61. The third-order valence-corrected chi connectivity index (χ3v) is 2.87. The highest BCUT2D eigenvalue weighted by atomic mass is 16.5. The summed E-state index contributed by atoms with van der Waals surface area (Å²) in [5, 5.41) is 5.92. The van der Waals surface area contributed by atoms with Gasteiger partial charge in [0, 0.05) is 19.7 Å². The predicted octanol–water partition coefficient (Wildman–Crippen LogP) is 0.469. The van der Waals surface area contributed by atoms with E-state index in [9.17, 15) is 9.59 Å². The molecule has 1 aliphatic rings. The van der Waals surface area contributed by atoms with Gasteiger partial charge in [0.15, 0.2) is 0 Å². The van der Waals surface area contributed by atoms with Gasteiger partial charge >= 0.3 is 0 Å². The number of piperazine rings is 1. The van der Waals surface area contributed by atoms with E-state index in [4.69, 9.17) is 4.74 Å². The molecule has 6 nitrogen and oxygen atoms in total. The van der Waals surface area contributed by atoms with Crippen molar-refractivity contribution in [3.8, 4) is 0 Å². The van der Waals surface area contributed by atoms with Gasteiger partial charge in [-0.1, -0.05) is 30.3 Å². The Morgan fingerprint density at radius 2 is 2.05 bits per heavy atom. The zero-order valence-electron chi connectivity index (χ0n) is 12.4. The second-order valence-electron chi connectivity index (χ2n) is 4.72. The van der Waals surface area contributed by atoms with Gasteiger partial charge in [0.1, 0.15) is 12.6 Å². The van der Waals surface area contributed by atoms with Crippen molar-refractivity contribution in [2.45, 2.75) is 25.6 Å². The van der Waals surface area contributed by atoms with Gasteiger partial charge < -0.3 is 20.1 Å². The number of hydrogen-bond donors (Lipinski definition) is 2.